The van der Waals surface area contributed by atoms with Crippen LogP contribution in [-0.4, -0.2) is 10.1 Å². The fraction of sp³-hybridized carbons (Fsp3) is 0.273. The summed E-state index contributed by atoms with van der Waals surface area (Å²) in [5.74, 6) is 1.05. The standard InChI is InChI=1S/C11H11ClN2O/c1-7-5-3-4-6-9(7)10-13-11(8(2)12)15-14-10/h3-6,8H,1-2H3/t8-/m0/s1. The molecule has 0 amide bonds. The molecule has 1 aromatic carbocycles. The van der Waals surface area contributed by atoms with E-state index in [0.29, 0.717) is 11.7 Å². The van der Waals surface area contributed by atoms with Gasteiger partial charge in [-0.15, -0.1) is 11.6 Å². The van der Waals surface area contributed by atoms with E-state index < -0.39 is 0 Å². The van der Waals surface area contributed by atoms with Crippen molar-refractivity contribution in [3.63, 3.8) is 0 Å². The molecule has 4 heteroatoms. The van der Waals surface area contributed by atoms with Crippen LogP contribution < -0.4 is 0 Å². The van der Waals surface area contributed by atoms with Crippen LogP contribution in [0.1, 0.15) is 23.8 Å². The van der Waals surface area contributed by atoms with Crippen molar-refractivity contribution in [2.45, 2.75) is 19.2 Å². The van der Waals surface area contributed by atoms with Crippen molar-refractivity contribution < 1.29 is 4.52 Å². The van der Waals surface area contributed by atoms with Gasteiger partial charge in [-0.3, -0.25) is 0 Å². The molecule has 15 heavy (non-hydrogen) atoms. The molecule has 0 saturated carbocycles. The highest BCUT2D eigenvalue weighted by atomic mass is 35.5. The Labute approximate surface area is 93.1 Å². The summed E-state index contributed by atoms with van der Waals surface area (Å²) in [6.07, 6.45) is 0. The van der Waals surface area contributed by atoms with Gasteiger partial charge in [0.1, 0.15) is 5.38 Å². The molecule has 1 aromatic heterocycles. The van der Waals surface area contributed by atoms with Gasteiger partial charge in [0.15, 0.2) is 0 Å². The van der Waals surface area contributed by atoms with Gasteiger partial charge in [0.05, 0.1) is 0 Å². The van der Waals surface area contributed by atoms with E-state index in [1.807, 2.05) is 31.2 Å². The second-order valence-electron chi connectivity index (χ2n) is 3.39. The molecule has 0 aliphatic heterocycles. The maximum Gasteiger partial charge on any atom is 0.244 e. The lowest BCUT2D eigenvalue weighted by Crippen LogP contribution is -1.86. The second kappa shape index (κ2) is 4.03. The number of benzene rings is 1. The Morgan fingerprint density at radius 3 is 2.67 bits per heavy atom. The fourth-order valence-electron chi connectivity index (χ4n) is 1.33. The van der Waals surface area contributed by atoms with E-state index in [1.54, 1.807) is 6.92 Å². The zero-order valence-corrected chi connectivity index (χ0v) is 9.32. The number of aryl methyl sites for hydroxylation is 1. The summed E-state index contributed by atoms with van der Waals surface area (Å²) in [5.41, 5.74) is 2.09. The van der Waals surface area contributed by atoms with E-state index in [1.165, 1.54) is 0 Å². The van der Waals surface area contributed by atoms with Gasteiger partial charge in [-0.2, -0.15) is 4.98 Å². The number of nitrogens with zero attached hydrogens (tertiary/aromatic N) is 2. The molecular weight excluding hydrogens is 212 g/mol. The van der Waals surface area contributed by atoms with Crippen molar-refractivity contribution in [3.8, 4) is 11.4 Å². The van der Waals surface area contributed by atoms with E-state index in [-0.39, 0.29) is 5.38 Å². The first kappa shape index (κ1) is 10.2. The summed E-state index contributed by atoms with van der Waals surface area (Å²) < 4.78 is 5.04. The number of hydrogen-bond donors (Lipinski definition) is 0. The summed E-state index contributed by atoms with van der Waals surface area (Å²) in [4.78, 5) is 4.23. The van der Waals surface area contributed by atoms with Crippen LogP contribution in [0.4, 0.5) is 0 Å². The minimum absolute atomic E-state index is 0.254. The van der Waals surface area contributed by atoms with E-state index in [2.05, 4.69) is 10.1 Å². The summed E-state index contributed by atoms with van der Waals surface area (Å²) >= 11 is 5.85. The normalized spacial score (nSPS) is 12.7. The minimum Gasteiger partial charge on any atom is -0.337 e. The van der Waals surface area contributed by atoms with Crippen LogP contribution in [0, 0.1) is 6.92 Å². The molecule has 3 nitrogen and oxygen atoms in total. The van der Waals surface area contributed by atoms with E-state index in [4.69, 9.17) is 16.1 Å². The van der Waals surface area contributed by atoms with Gasteiger partial charge in [-0.25, -0.2) is 0 Å². The van der Waals surface area contributed by atoms with Crippen molar-refractivity contribution in [1.82, 2.24) is 10.1 Å². The lowest BCUT2D eigenvalue weighted by atomic mass is 10.1. The Balaban J connectivity index is 2.42. The molecule has 1 atom stereocenters. The number of aromatic nitrogens is 2. The Morgan fingerprint density at radius 2 is 2.07 bits per heavy atom. The predicted octanol–water partition coefficient (Wildman–Crippen LogP) is 3.34. The topological polar surface area (TPSA) is 38.9 Å². The Hall–Kier alpha value is -1.35. The van der Waals surface area contributed by atoms with Crippen LogP contribution in [-0.2, 0) is 0 Å². The third kappa shape index (κ3) is 2.02. The van der Waals surface area contributed by atoms with Gasteiger partial charge in [0, 0.05) is 5.56 Å². The first-order chi connectivity index (χ1) is 7.18. The Kier molecular flexibility index (Phi) is 2.73. The quantitative estimate of drug-likeness (QED) is 0.732. The van der Waals surface area contributed by atoms with Gasteiger partial charge >= 0.3 is 0 Å². The molecule has 2 aromatic rings. The molecular formula is C11H11ClN2O. The Morgan fingerprint density at radius 1 is 1.33 bits per heavy atom. The molecule has 0 aliphatic carbocycles. The van der Waals surface area contributed by atoms with Gasteiger partial charge in [-0.05, 0) is 19.4 Å². The third-order valence-electron chi connectivity index (χ3n) is 2.17. The third-order valence-corrected chi connectivity index (χ3v) is 2.35. The summed E-state index contributed by atoms with van der Waals surface area (Å²) in [6, 6.07) is 7.89. The van der Waals surface area contributed by atoms with Crippen LogP contribution in [0.5, 0.6) is 0 Å². The molecule has 0 saturated heterocycles. The molecule has 78 valence electrons. The molecule has 0 fully saturated rings. The largest absolute Gasteiger partial charge is 0.337 e. The first-order valence-electron chi connectivity index (χ1n) is 4.72. The average Bonchev–Trinajstić information content (AvgIpc) is 2.67. The van der Waals surface area contributed by atoms with E-state index in [9.17, 15) is 0 Å². The summed E-state index contributed by atoms with van der Waals surface area (Å²) in [6.45, 7) is 3.81. The SMILES string of the molecule is Cc1ccccc1-c1noc([C@H](C)Cl)n1. The van der Waals surface area contributed by atoms with Crippen molar-refractivity contribution in [2.24, 2.45) is 0 Å². The number of hydrogen-bond acceptors (Lipinski definition) is 3. The van der Waals surface area contributed by atoms with Gasteiger partial charge in [0.2, 0.25) is 11.7 Å². The molecule has 0 bridgehead atoms. The number of halogens is 1. The summed E-state index contributed by atoms with van der Waals surface area (Å²) in [7, 11) is 0. The average molecular weight is 223 g/mol. The maximum atomic E-state index is 5.85. The molecule has 0 unspecified atom stereocenters. The van der Waals surface area contributed by atoms with Crippen LogP contribution in [0.3, 0.4) is 0 Å². The molecule has 0 radical (unpaired) electrons. The molecule has 1 heterocycles. The van der Waals surface area contributed by atoms with Crippen LogP contribution in [0.2, 0.25) is 0 Å². The minimum atomic E-state index is -0.254. The molecule has 0 N–H and O–H groups in total. The van der Waals surface area contributed by atoms with E-state index in [0.717, 1.165) is 11.1 Å². The van der Waals surface area contributed by atoms with Crippen molar-refractivity contribution in [1.29, 1.82) is 0 Å². The zero-order chi connectivity index (χ0) is 10.8. The number of rotatable bonds is 2. The smallest absolute Gasteiger partial charge is 0.244 e. The van der Waals surface area contributed by atoms with Crippen molar-refractivity contribution in [2.75, 3.05) is 0 Å². The lowest BCUT2D eigenvalue weighted by Gasteiger charge is -1.98. The van der Waals surface area contributed by atoms with Crippen molar-refractivity contribution in [3.05, 3.63) is 35.7 Å². The monoisotopic (exact) mass is 222 g/mol. The van der Waals surface area contributed by atoms with E-state index >= 15 is 0 Å². The predicted molar refractivity (Wildman–Crippen MR) is 58.7 cm³/mol. The highest BCUT2D eigenvalue weighted by molar-refractivity contribution is 6.20. The van der Waals surface area contributed by atoms with Gasteiger partial charge in [0.25, 0.3) is 0 Å². The number of alkyl halides is 1. The highest BCUT2D eigenvalue weighted by Gasteiger charge is 2.13. The maximum absolute atomic E-state index is 5.85. The zero-order valence-electron chi connectivity index (χ0n) is 8.57. The van der Waals surface area contributed by atoms with Crippen LogP contribution in [0.25, 0.3) is 11.4 Å². The fourth-order valence-corrected chi connectivity index (χ4v) is 1.42. The molecule has 0 aliphatic rings. The molecule has 0 spiro atoms. The highest BCUT2D eigenvalue weighted by Crippen LogP contribution is 2.23. The van der Waals surface area contributed by atoms with Gasteiger partial charge < -0.3 is 4.52 Å². The van der Waals surface area contributed by atoms with Crippen molar-refractivity contribution >= 4 is 11.6 Å². The lowest BCUT2D eigenvalue weighted by molar-refractivity contribution is 0.379. The van der Waals surface area contributed by atoms with Crippen LogP contribution >= 0.6 is 11.6 Å². The second-order valence-corrected chi connectivity index (χ2v) is 4.04. The van der Waals surface area contributed by atoms with Gasteiger partial charge in [-0.1, -0.05) is 29.4 Å². The van der Waals surface area contributed by atoms with Crippen LogP contribution in [0.15, 0.2) is 28.8 Å². The molecule has 2 rings (SSSR count). The first-order valence-corrected chi connectivity index (χ1v) is 5.16. The Bertz CT molecular complexity index is 465. The summed E-state index contributed by atoms with van der Waals surface area (Å²) in [5, 5.41) is 3.64.